The van der Waals surface area contributed by atoms with Crippen LogP contribution in [0.1, 0.15) is 16.1 Å². The number of hydrogen-bond donors (Lipinski definition) is 1. The number of Topliss-reactive ketones (excluding diaryl/α,β-unsaturated/α-hetero) is 1. The number of para-hydroxylation sites is 1. The van der Waals surface area contributed by atoms with E-state index in [4.69, 9.17) is 4.74 Å². The summed E-state index contributed by atoms with van der Waals surface area (Å²) in [7, 11) is 1.45. The maximum atomic E-state index is 13.1. The molecule has 4 aromatic rings. The van der Waals surface area contributed by atoms with Gasteiger partial charge in [0.2, 0.25) is 0 Å². The molecule has 164 valence electrons. The number of nitriles is 1. The topological polar surface area (TPSA) is 128 Å². The lowest BCUT2D eigenvalue weighted by atomic mass is 10.1. The smallest absolute Gasteiger partial charge is 0.295 e. The monoisotopic (exact) mass is 441 g/mol. The summed E-state index contributed by atoms with van der Waals surface area (Å²) in [5.74, 6) is -0.116. The lowest BCUT2D eigenvalue weighted by molar-refractivity contribution is -0.126. The number of benzene rings is 1. The number of pyridine rings is 1. The summed E-state index contributed by atoms with van der Waals surface area (Å²) in [6.45, 7) is 1.85. The second-order valence-corrected chi connectivity index (χ2v) is 7.56. The summed E-state index contributed by atoms with van der Waals surface area (Å²) in [6, 6.07) is 9.75. The van der Waals surface area contributed by atoms with Crippen molar-refractivity contribution >= 4 is 39.3 Å². The number of fused-ring (bicyclic) bond motifs is 2. The fourth-order valence-corrected chi connectivity index (χ4v) is 4.16. The predicted molar refractivity (Wildman–Crippen MR) is 120 cm³/mol. The van der Waals surface area contributed by atoms with Crippen molar-refractivity contribution < 1.29 is 14.3 Å². The molecule has 4 heterocycles. The molecule has 10 nitrogen and oxygen atoms in total. The summed E-state index contributed by atoms with van der Waals surface area (Å²) in [4.78, 5) is 45.4. The first-order valence-electron chi connectivity index (χ1n) is 10.3. The number of aromatic nitrogens is 4. The van der Waals surface area contributed by atoms with Crippen LogP contribution in [-0.2, 0) is 4.79 Å². The van der Waals surface area contributed by atoms with Gasteiger partial charge in [-0.2, -0.15) is 5.26 Å². The number of ketones is 1. The van der Waals surface area contributed by atoms with Crippen molar-refractivity contribution in [2.24, 2.45) is 0 Å². The van der Waals surface area contributed by atoms with Gasteiger partial charge in [-0.25, -0.2) is 15.0 Å². The highest BCUT2D eigenvalue weighted by Gasteiger charge is 2.30. The lowest BCUT2D eigenvalue weighted by Gasteiger charge is -2.35. The van der Waals surface area contributed by atoms with Gasteiger partial charge < -0.3 is 19.5 Å². The number of piperazine rings is 1. The van der Waals surface area contributed by atoms with Crippen LogP contribution in [0.25, 0.3) is 21.8 Å². The highest BCUT2D eigenvalue weighted by atomic mass is 16.5. The number of amides is 1. The number of anilines is 1. The van der Waals surface area contributed by atoms with Crippen molar-refractivity contribution in [2.45, 2.75) is 0 Å². The first-order chi connectivity index (χ1) is 16.1. The number of hydrogen-bond acceptors (Lipinski definition) is 8. The lowest BCUT2D eigenvalue weighted by Crippen LogP contribution is -2.51. The zero-order valence-corrected chi connectivity index (χ0v) is 17.8. The summed E-state index contributed by atoms with van der Waals surface area (Å²) in [5.41, 5.74) is 1.52. The second-order valence-electron chi connectivity index (χ2n) is 7.56. The Hall–Kier alpha value is -4.52. The molecule has 1 amide bonds. The van der Waals surface area contributed by atoms with Crippen molar-refractivity contribution in [1.29, 1.82) is 5.26 Å². The number of carbonyl (C=O) groups excluding carboxylic acids is 2. The van der Waals surface area contributed by atoms with Crippen molar-refractivity contribution in [1.82, 2.24) is 24.8 Å². The first-order valence-corrected chi connectivity index (χ1v) is 10.3. The number of H-pyrrole nitrogens is 1. The number of rotatable bonds is 4. The number of methoxy groups -OCH3 is 1. The molecule has 1 N–H and O–H groups in total. The molecular formula is C23H19N7O3. The quantitative estimate of drug-likeness (QED) is 0.376. The highest BCUT2D eigenvalue weighted by molar-refractivity contribution is 6.45. The Morgan fingerprint density at radius 2 is 1.91 bits per heavy atom. The van der Waals surface area contributed by atoms with Crippen LogP contribution in [-0.4, -0.2) is 69.8 Å². The van der Waals surface area contributed by atoms with Crippen molar-refractivity contribution in [3.63, 3.8) is 0 Å². The van der Waals surface area contributed by atoms with Crippen LogP contribution in [0.4, 0.5) is 5.82 Å². The van der Waals surface area contributed by atoms with E-state index in [1.807, 2.05) is 30.3 Å². The van der Waals surface area contributed by atoms with E-state index in [9.17, 15) is 14.9 Å². The van der Waals surface area contributed by atoms with Gasteiger partial charge in [-0.15, -0.1) is 0 Å². The summed E-state index contributed by atoms with van der Waals surface area (Å²) >= 11 is 0. The Kier molecular flexibility index (Phi) is 5.06. The average Bonchev–Trinajstić information content (AvgIpc) is 3.32. The molecule has 0 unspecified atom stereocenters. The Morgan fingerprint density at radius 1 is 1.12 bits per heavy atom. The molecule has 3 aromatic heterocycles. The standard InChI is InChI=1S/C23H19N7O3/c1-33-18-12-25-17(10-24)20-19(18)15(11-26-20)21(31)23(32)30-8-6-29(7-9-30)22-14-4-2-3-5-16(14)27-13-28-22/h2-5,11-13,26H,6-9H2,1H3. The molecule has 1 aromatic carbocycles. The zero-order valence-electron chi connectivity index (χ0n) is 17.8. The zero-order chi connectivity index (χ0) is 22.9. The first kappa shape index (κ1) is 20.4. The summed E-state index contributed by atoms with van der Waals surface area (Å²) in [6.07, 6.45) is 4.34. The molecule has 0 bridgehead atoms. The summed E-state index contributed by atoms with van der Waals surface area (Å²) < 4.78 is 5.31. The third-order valence-corrected chi connectivity index (χ3v) is 5.83. The van der Waals surface area contributed by atoms with Gasteiger partial charge in [-0.05, 0) is 12.1 Å². The molecule has 1 aliphatic heterocycles. The van der Waals surface area contributed by atoms with E-state index in [-0.39, 0.29) is 11.3 Å². The van der Waals surface area contributed by atoms with Gasteiger partial charge in [0.15, 0.2) is 5.69 Å². The van der Waals surface area contributed by atoms with Crippen molar-refractivity contribution in [3.05, 3.63) is 54.2 Å². The molecule has 0 atom stereocenters. The molecule has 5 rings (SSSR count). The van der Waals surface area contributed by atoms with Crippen LogP contribution >= 0.6 is 0 Å². The molecular weight excluding hydrogens is 422 g/mol. The Morgan fingerprint density at radius 3 is 2.67 bits per heavy atom. The van der Waals surface area contributed by atoms with Gasteiger partial charge in [0.25, 0.3) is 11.7 Å². The van der Waals surface area contributed by atoms with Gasteiger partial charge in [-0.1, -0.05) is 12.1 Å². The van der Waals surface area contributed by atoms with E-state index < -0.39 is 11.7 Å². The third-order valence-electron chi connectivity index (χ3n) is 5.83. The van der Waals surface area contributed by atoms with Crippen LogP contribution in [0.3, 0.4) is 0 Å². The number of carbonyl (C=O) groups is 2. The molecule has 1 saturated heterocycles. The van der Waals surface area contributed by atoms with E-state index in [2.05, 4.69) is 24.8 Å². The molecule has 1 aliphatic rings. The van der Waals surface area contributed by atoms with Gasteiger partial charge in [0, 0.05) is 37.8 Å². The molecule has 0 saturated carbocycles. The predicted octanol–water partition coefficient (Wildman–Crippen LogP) is 1.92. The maximum Gasteiger partial charge on any atom is 0.295 e. The normalized spacial score (nSPS) is 13.8. The molecule has 0 radical (unpaired) electrons. The fourth-order valence-electron chi connectivity index (χ4n) is 4.16. The van der Waals surface area contributed by atoms with E-state index in [1.165, 1.54) is 25.8 Å². The van der Waals surface area contributed by atoms with Gasteiger partial charge in [-0.3, -0.25) is 9.59 Å². The van der Waals surface area contributed by atoms with Crippen molar-refractivity contribution in [2.75, 3.05) is 38.2 Å². The largest absolute Gasteiger partial charge is 0.494 e. The Balaban J connectivity index is 1.37. The minimum Gasteiger partial charge on any atom is -0.494 e. The molecule has 0 spiro atoms. The van der Waals surface area contributed by atoms with E-state index in [0.717, 1.165) is 16.7 Å². The average molecular weight is 441 g/mol. The minimum absolute atomic E-state index is 0.128. The van der Waals surface area contributed by atoms with Crippen LogP contribution in [0.5, 0.6) is 5.75 Å². The molecule has 0 aliphatic carbocycles. The molecule has 1 fully saturated rings. The number of nitrogens with one attached hydrogen (secondary N) is 1. The SMILES string of the molecule is COc1cnc(C#N)c2[nH]cc(C(=O)C(=O)N3CCN(c4ncnc5ccccc45)CC3)c12. The van der Waals surface area contributed by atoms with Gasteiger partial charge in [0.1, 0.15) is 24.0 Å². The highest BCUT2D eigenvalue weighted by Crippen LogP contribution is 2.30. The number of nitrogens with zero attached hydrogens (tertiary/aromatic N) is 6. The molecule has 33 heavy (non-hydrogen) atoms. The van der Waals surface area contributed by atoms with Crippen LogP contribution in [0.15, 0.2) is 43.0 Å². The Bertz CT molecular complexity index is 1430. The van der Waals surface area contributed by atoms with E-state index in [0.29, 0.717) is 42.8 Å². The number of aromatic amines is 1. The van der Waals surface area contributed by atoms with Crippen LogP contribution in [0, 0.1) is 11.3 Å². The van der Waals surface area contributed by atoms with Gasteiger partial charge >= 0.3 is 0 Å². The van der Waals surface area contributed by atoms with E-state index >= 15 is 0 Å². The summed E-state index contributed by atoms with van der Waals surface area (Å²) in [5, 5.41) is 10.6. The third kappa shape index (κ3) is 3.40. The number of ether oxygens (including phenoxy) is 1. The second kappa shape index (κ2) is 8.20. The fraction of sp³-hybridized carbons (Fsp3) is 0.217. The Labute approximate surface area is 188 Å². The minimum atomic E-state index is -0.657. The molecule has 10 heteroatoms. The maximum absolute atomic E-state index is 13.1. The van der Waals surface area contributed by atoms with Crippen LogP contribution < -0.4 is 9.64 Å². The van der Waals surface area contributed by atoms with E-state index in [1.54, 1.807) is 4.90 Å². The van der Waals surface area contributed by atoms with Gasteiger partial charge in [0.05, 0.1) is 35.3 Å². The van der Waals surface area contributed by atoms with Crippen molar-refractivity contribution in [3.8, 4) is 11.8 Å². The van der Waals surface area contributed by atoms with Crippen LogP contribution in [0.2, 0.25) is 0 Å².